The van der Waals surface area contributed by atoms with Crippen LogP contribution in [0.5, 0.6) is 5.75 Å². The zero-order chi connectivity index (χ0) is 20.2. The molecule has 2 heterocycles. The highest BCUT2D eigenvalue weighted by Gasteiger charge is 2.37. The van der Waals surface area contributed by atoms with Gasteiger partial charge in [-0.25, -0.2) is 0 Å². The van der Waals surface area contributed by atoms with Crippen LogP contribution in [0.2, 0.25) is 0 Å². The molecule has 0 saturated carbocycles. The molecule has 8 heteroatoms. The van der Waals surface area contributed by atoms with E-state index in [0.717, 1.165) is 11.1 Å². The van der Waals surface area contributed by atoms with E-state index >= 15 is 0 Å². The van der Waals surface area contributed by atoms with E-state index in [4.69, 9.17) is 4.74 Å². The lowest BCUT2D eigenvalue weighted by molar-refractivity contribution is -0.274. The fourth-order valence-corrected chi connectivity index (χ4v) is 3.36. The van der Waals surface area contributed by atoms with Crippen molar-refractivity contribution in [3.63, 3.8) is 0 Å². The SMILES string of the molecule is Cc1ccncc1CC(=O)NC1(c2cccc(OC(F)(F)F)c2)CCOCC1. The molecular formula is C20H21F3N2O3. The van der Waals surface area contributed by atoms with Gasteiger partial charge in [0.05, 0.1) is 12.0 Å². The molecule has 1 N–H and O–H groups in total. The van der Waals surface area contributed by atoms with Crippen molar-refractivity contribution in [2.24, 2.45) is 0 Å². The van der Waals surface area contributed by atoms with Crippen LogP contribution in [-0.2, 0) is 21.5 Å². The smallest absolute Gasteiger partial charge is 0.406 e. The summed E-state index contributed by atoms with van der Waals surface area (Å²) in [7, 11) is 0. The van der Waals surface area contributed by atoms with E-state index in [2.05, 4.69) is 15.0 Å². The first-order valence-electron chi connectivity index (χ1n) is 8.92. The number of amides is 1. The molecule has 0 radical (unpaired) electrons. The van der Waals surface area contributed by atoms with Gasteiger partial charge in [0.1, 0.15) is 5.75 Å². The van der Waals surface area contributed by atoms with Crippen molar-refractivity contribution in [1.29, 1.82) is 0 Å². The molecule has 2 aromatic rings. The average Bonchev–Trinajstić information content (AvgIpc) is 2.63. The normalized spacial score (nSPS) is 16.4. The molecule has 5 nitrogen and oxygen atoms in total. The molecule has 1 amide bonds. The van der Waals surface area contributed by atoms with Crippen LogP contribution < -0.4 is 10.1 Å². The molecule has 1 saturated heterocycles. The predicted molar refractivity (Wildman–Crippen MR) is 95.7 cm³/mol. The lowest BCUT2D eigenvalue weighted by atomic mass is 9.82. The van der Waals surface area contributed by atoms with Gasteiger partial charge in [-0.05, 0) is 54.7 Å². The molecule has 0 aliphatic carbocycles. The van der Waals surface area contributed by atoms with Crippen molar-refractivity contribution in [2.45, 2.75) is 38.1 Å². The predicted octanol–water partition coefficient (Wildman–Crippen LogP) is 3.65. The number of hydrogen-bond acceptors (Lipinski definition) is 4. The molecule has 150 valence electrons. The second-order valence-electron chi connectivity index (χ2n) is 6.80. The highest BCUT2D eigenvalue weighted by atomic mass is 19.4. The summed E-state index contributed by atoms with van der Waals surface area (Å²) in [5.41, 5.74) is 1.51. The molecule has 1 aromatic heterocycles. The maximum absolute atomic E-state index is 12.7. The van der Waals surface area contributed by atoms with E-state index in [1.165, 1.54) is 18.2 Å². The lowest BCUT2D eigenvalue weighted by Gasteiger charge is -2.38. The second kappa shape index (κ2) is 8.18. The molecule has 1 aliphatic rings. The van der Waals surface area contributed by atoms with E-state index in [0.29, 0.717) is 31.6 Å². The Labute approximate surface area is 160 Å². The number of pyridine rings is 1. The average molecular weight is 394 g/mol. The van der Waals surface area contributed by atoms with Gasteiger partial charge in [0.15, 0.2) is 0 Å². The first kappa shape index (κ1) is 20.1. The maximum Gasteiger partial charge on any atom is 0.573 e. The lowest BCUT2D eigenvalue weighted by Crippen LogP contribution is -2.50. The van der Waals surface area contributed by atoms with Crippen LogP contribution in [0.4, 0.5) is 13.2 Å². The van der Waals surface area contributed by atoms with Gasteiger partial charge in [-0.3, -0.25) is 9.78 Å². The Morgan fingerprint density at radius 2 is 2.04 bits per heavy atom. The summed E-state index contributed by atoms with van der Waals surface area (Å²) in [5.74, 6) is -0.534. The quantitative estimate of drug-likeness (QED) is 0.841. The fourth-order valence-electron chi connectivity index (χ4n) is 3.36. The number of aromatic nitrogens is 1. The summed E-state index contributed by atoms with van der Waals surface area (Å²) in [6, 6.07) is 7.58. The zero-order valence-corrected chi connectivity index (χ0v) is 15.4. The monoisotopic (exact) mass is 394 g/mol. The van der Waals surface area contributed by atoms with Crippen molar-refractivity contribution in [3.05, 3.63) is 59.4 Å². The summed E-state index contributed by atoms with van der Waals surface area (Å²) < 4.78 is 47.2. The number of benzene rings is 1. The number of ether oxygens (including phenoxy) is 2. The zero-order valence-electron chi connectivity index (χ0n) is 15.4. The first-order chi connectivity index (χ1) is 13.3. The van der Waals surface area contributed by atoms with Gasteiger partial charge in [-0.2, -0.15) is 0 Å². The third kappa shape index (κ3) is 5.01. The second-order valence-corrected chi connectivity index (χ2v) is 6.80. The van der Waals surface area contributed by atoms with Gasteiger partial charge >= 0.3 is 6.36 Å². The Morgan fingerprint density at radius 3 is 2.71 bits per heavy atom. The van der Waals surface area contributed by atoms with E-state index in [9.17, 15) is 18.0 Å². The number of halogens is 3. The standard InChI is InChI=1S/C20H21F3N2O3/c1-14-5-8-24-13-15(14)11-18(26)25-19(6-9-27-10-7-19)16-3-2-4-17(12-16)28-20(21,22)23/h2-5,8,12-13H,6-7,9-11H2,1H3,(H,25,26). The fraction of sp³-hybridized carbons (Fsp3) is 0.400. The van der Waals surface area contributed by atoms with Gasteiger partial charge in [-0.1, -0.05) is 12.1 Å². The van der Waals surface area contributed by atoms with Crippen molar-refractivity contribution >= 4 is 5.91 Å². The van der Waals surface area contributed by atoms with Gasteiger partial charge in [0.2, 0.25) is 5.91 Å². The molecular weight excluding hydrogens is 373 g/mol. The van der Waals surface area contributed by atoms with Gasteiger partial charge in [0, 0.05) is 25.6 Å². The third-order valence-corrected chi connectivity index (χ3v) is 4.84. The number of aryl methyl sites for hydroxylation is 1. The Bertz CT molecular complexity index is 833. The maximum atomic E-state index is 12.7. The summed E-state index contributed by atoms with van der Waals surface area (Å²) in [6.45, 7) is 2.69. The van der Waals surface area contributed by atoms with Crippen molar-refractivity contribution < 1.29 is 27.4 Å². The third-order valence-electron chi connectivity index (χ3n) is 4.84. The molecule has 28 heavy (non-hydrogen) atoms. The Morgan fingerprint density at radius 1 is 1.29 bits per heavy atom. The highest BCUT2D eigenvalue weighted by molar-refractivity contribution is 5.80. The van der Waals surface area contributed by atoms with E-state index in [1.54, 1.807) is 18.5 Å². The van der Waals surface area contributed by atoms with E-state index < -0.39 is 11.9 Å². The largest absolute Gasteiger partial charge is 0.573 e. The minimum atomic E-state index is -4.78. The molecule has 0 atom stereocenters. The van der Waals surface area contributed by atoms with E-state index in [-0.39, 0.29) is 18.1 Å². The number of carbonyl (C=O) groups excluding carboxylic acids is 1. The van der Waals surface area contributed by atoms with Gasteiger partial charge in [0.25, 0.3) is 0 Å². The van der Waals surface area contributed by atoms with Crippen LogP contribution in [0.25, 0.3) is 0 Å². The van der Waals surface area contributed by atoms with E-state index in [1.807, 2.05) is 13.0 Å². The summed E-state index contributed by atoms with van der Waals surface area (Å²) in [4.78, 5) is 16.8. The minimum absolute atomic E-state index is 0.140. The van der Waals surface area contributed by atoms with Crippen LogP contribution in [-0.4, -0.2) is 30.5 Å². The van der Waals surface area contributed by atoms with Crippen LogP contribution in [0.1, 0.15) is 29.5 Å². The number of hydrogen-bond donors (Lipinski definition) is 1. The summed E-state index contributed by atoms with van der Waals surface area (Å²) >= 11 is 0. The van der Waals surface area contributed by atoms with Crippen LogP contribution >= 0.6 is 0 Å². The number of carbonyl (C=O) groups is 1. The first-order valence-corrected chi connectivity index (χ1v) is 8.92. The summed E-state index contributed by atoms with van der Waals surface area (Å²) in [5, 5.41) is 3.03. The Kier molecular flexibility index (Phi) is 5.88. The number of rotatable bonds is 5. The van der Waals surface area contributed by atoms with Crippen LogP contribution in [0.15, 0.2) is 42.7 Å². The van der Waals surface area contributed by atoms with Crippen molar-refractivity contribution in [2.75, 3.05) is 13.2 Å². The number of nitrogens with zero attached hydrogens (tertiary/aromatic N) is 1. The summed E-state index contributed by atoms with van der Waals surface area (Å²) in [6.07, 6.45) is -0.420. The van der Waals surface area contributed by atoms with Crippen LogP contribution in [0.3, 0.4) is 0 Å². The Balaban J connectivity index is 1.84. The molecule has 1 fully saturated rings. The Hall–Kier alpha value is -2.61. The van der Waals surface area contributed by atoms with Crippen molar-refractivity contribution in [3.8, 4) is 5.75 Å². The molecule has 0 unspecified atom stereocenters. The topological polar surface area (TPSA) is 60.5 Å². The van der Waals surface area contributed by atoms with Gasteiger partial charge in [-0.15, -0.1) is 13.2 Å². The molecule has 1 aliphatic heterocycles. The molecule has 0 spiro atoms. The van der Waals surface area contributed by atoms with Gasteiger partial charge < -0.3 is 14.8 Å². The number of alkyl halides is 3. The van der Waals surface area contributed by atoms with Crippen LogP contribution in [0, 0.1) is 6.92 Å². The molecule has 1 aromatic carbocycles. The minimum Gasteiger partial charge on any atom is -0.406 e. The molecule has 3 rings (SSSR count). The number of nitrogens with one attached hydrogen (secondary N) is 1. The molecule has 0 bridgehead atoms. The highest BCUT2D eigenvalue weighted by Crippen LogP contribution is 2.35. The van der Waals surface area contributed by atoms with Crippen molar-refractivity contribution in [1.82, 2.24) is 10.3 Å².